The Hall–Kier alpha value is -1.88. The van der Waals surface area contributed by atoms with Gasteiger partial charge in [-0.05, 0) is 31.0 Å². The Morgan fingerprint density at radius 1 is 1.42 bits per heavy atom. The number of nitrogens with two attached hydrogens (primary N) is 1. The van der Waals surface area contributed by atoms with Crippen LogP contribution in [0.25, 0.3) is 0 Å². The van der Waals surface area contributed by atoms with Crippen molar-refractivity contribution < 1.29 is 9.13 Å². The highest BCUT2D eigenvalue weighted by Gasteiger charge is 2.12. The first-order chi connectivity index (χ1) is 9.06. The summed E-state index contributed by atoms with van der Waals surface area (Å²) in [5.41, 5.74) is 7.31. The van der Waals surface area contributed by atoms with Crippen LogP contribution in [0, 0.1) is 5.82 Å². The van der Waals surface area contributed by atoms with Gasteiger partial charge in [0.25, 0.3) is 0 Å². The van der Waals surface area contributed by atoms with Crippen LogP contribution in [0.3, 0.4) is 0 Å². The third kappa shape index (κ3) is 3.54. The van der Waals surface area contributed by atoms with Crippen LogP contribution in [-0.2, 0) is 20.1 Å². The van der Waals surface area contributed by atoms with E-state index in [0.717, 1.165) is 11.3 Å². The Balaban J connectivity index is 2.14. The molecule has 0 saturated heterocycles. The Morgan fingerprint density at radius 3 is 2.84 bits per heavy atom. The first kappa shape index (κ1) is 13.5. The van der Waals surface area contributed by atoms with Crippen LogP contribution in [0.5, 0.6) is 5.75 Å². The van der Waals surface area contributed by atoms with Gasteiger partial charge >= 0.3 is 0 Å². The van der Waals surface area contributed by atoms with E-state index in [9.17, 15) is 4.39 Å². The smallest absolute Gasteiger partial charge is 0.165 e. The van der Waals surface area contributed by atoms with Gasteiger partial charge in [-0.2, -0.15) is 5.10 Å². The number of hydrogen-bond acceptors (Lipinski definition) is 3. The summed E-state index contributed by atoms with van der Waals surface area (Å²) in [5, 5.41) is 4.19. The second-order valence-electron chi connectivity index (χ2n) is 4.68. The van der Waals surface area contributed by atoms with E-state index in [1.165, 1.54) is 6.07 Å². The highest BCUT2D eigenvalue weighted by molar-refractivity contribution is 5.35. The van der Waals surface area contributed by atoms with Gasteiger partial charge in [0, 0.05) is 19.3 Å². The minimum atomic E-state index is -0.367. The van der Waals surface area contributed by atoms with Crippen molar-refractivity contribution in [2.75, 3.05) is 0 Å². The van der Waals surface area contributed by atoms with Crippen molar-refractivity contribution in [1.82, 2.24) is 9.78 Å². The zero-order valence-electron chi connectivity index (χ0n) is 11.1. The lowest BCUT2D eigenvalue weighted by atomic mass is 10.1. The summed E-state index contributed by atoms with van der Waals surface area (Å²) in [6, 6.07) is 6.68. The molecule has 2 rings (SSSR count). The molecule has 2 aromatic rings. The number of benzene rings is 1. The molecule has 0 fully saturated rings. The maximum absolute atomic E-state index is 13.8. The predicted octanol–water partition coefficient (Wildman–Crippen LogP) is 2.03. The molecule has 0 saturated carbocycles. The van der Waals surface area contributed by atoms with E-state index in [1.807, 2.05) is 32.3 Å². The summed E-state index contributed by atoms with van der Waals surface area (Å²) in [7, 11) is 1.83. The van der Waals surface area contributed by atoms with Crippen LogP contribution in [-0.4, -0.2) is 15.8 Å². The van der Waals surface area contributed by atoms with Crippen LogP contribution in [0.4, 0.5) is 4.39 Å². The topological polar surface area (TPSA) is 53.1 Å². The summed E-state index contributed by atoms with van der Waals surface area (Å²) in [6.07, 6.45) is 2.40. The summed E-state index contributed by atoms with van der Waals surface area (Å²) in [6.45, 7) is 2.13. The van der Waals surface area contributed by atoms with Crippen LogP contribution in [0.1, 0.15) is 18.2 Å². The minimum Gasteiger partial charge on any atom is -0.484 e. The third-order valence-corrected chi connectivity index (χ3v) is 2.72. The van der Waals surface area contributed by atoms with Gasteiger partial charge in [-0.1, -0.05) is 12.1 Å². The first-order valence-corrected chi connectivity index (χ1v) is 6.20. The lowest BCUT2D eigenvalue weighted by Gasteiger charge is -2.13. The van der Waals surface area contributed by atoms with E-state index in [2.05, 4.69) is 5.10 Å². The molecule has 0 bridgehead atoms. The molecule has 4 nitrogen and oxygen atoms in total. The molecule has 0 amide bonds. The molecule has 1 unspecified atom stereocenters. The van der Waals surface area contributed by atoms with Crippen molar-refractivity contribution in [3.63, 3.8) is 0 Å². The Labute approximate surface area is 112 Å². The fourth-order valence-corrected chi connectivity index (χ4v) is 1.91. The zero-order valence-corrected chi connectivity index (χ0v) is 11.1. The molecule has 0 aliphatic carbocycles. The quantitative estimate of drug-likeness (QED) is 0.898. The van der Waals surface area contributed by atoms with E-state index >= 15 is 0 Å². The Morgan fingerprint density at radius 2 is 2.21 bits per heavy atom. The summed E-state index contributed by atoms with van der Waals surface area (Å²) < 4.78 is 21.1. The van der Waals surface area contributed by atoms with Gasteiger partial charge in [0.05, 0.1) is 5.69 Å². The maximum atomic E-state index is 13.8. The van der Waals surface area contributed by atoms with Crippen molar-refractivity contribution in [3.8, 4) is 5.75 Å². The number of rotatable bonds is 5. The molecule has 0 aliphatic rings. The molecular weight excluding hydrogens is 245 g/mol. The molecule has 1 aromatic heterocycles. The van der Waals surface area contributed by atoms with Crippen LogP contribution in [0.2, 0.25) is 0 Å². The third-order valence-electron chi connectivity index (χ3n) is 2.72. The fourth-order valence-electron chi connectivity index (χ4n) is 1.91. The van der Waals surface area contributed by atoms with Gasteiger partial charge in [0.15, 0.2) is 11.6 Å². The standard InChI is InChI=1S/C14H18FN3O/c1-10(16)8-11-4-3-5-13(15)14(11)19-9-12-6-7-18(2)17-12/h3-7,10H,8-9,16H2,1-2H3. The van der Waals surface area contributed by atoms with Gasteiger partial charge in [0.1, 0.15) is 6.61 Å². The second kappa shape index (κ2) is 5.84. The van der Waals surface area contributed by atoms with Crippen molar-refractivity contribution in [3.05, 3.63) is 47.5 Å². The number of para-hydroxylation sites is 1. The molecule has 19 heavy (non-hydrogen) atoms. The zero-order chi connectivity index (χ0) is 13.8. The van der Waals surface area contributed by atoms with Crippen LogP contribution in [0.15, 0.2) is 30.5 Å². The molecule has 1 heterocycles. The lowest BCUT2D eigenvalue weighted by Crippen LogP contribution is -2.18. The van der Waals surface area contributed by atoms with Crippen LogP contribution < -0.4 is 10.5 Å². The van der Waals surface area contributed by atoms with Crippen molar-refractivity contribution >= 4 is 0 Å². The summed E-state index contributed by atoms with van der Waals surface area (Å²) >= 11 is 0. The Kier molecular flexibility index (Phi) is 4.16. The molecule has 0 spiro atoms. The fraction of sp³-hybridized carbons (Fsp3) is 0.357. The predicted molar refractivity (Wildman–Crippen MR) is 71.3 cm³/mol. The average Bonchev–Trinajstić information content (AvgIpc) is 2.73. The average molecular weight is 263 g/mol. The van der Waals surface area contributed by atoms with Gasteiger partial charge in [-0.15, -0.1) is 0 Å². The molecule has 0 radical (unpaired) electrons. The number of aryl methyl sites for hydroxylation is 1. The molecule has 1 aromatic carbocycles. The van der Waals surface area contributed by atoms with E-state index in [4.69, 9.17) is 10.5 Å². The number of halogens is 1. The molecule has 5 heteroatoms. The number of hydrogen-bond donors (Lipinski definition) is 1. The van der Waals surface area contributed by atoms with Gasteiger partial charge in [0.2, 0.25) is 0 Å². The maximum Gasteiger partial charge on any atom is 0.165 e. The second-order valence-corrected chi connectivity index (χ2v) is 4.68. The van der Waals surface area contributed by atoms with Gasteiger partial charge < -0.3 is 10.5 Å². The highest BCUT2D eigenvalue weighted by atomic mass is 19.1. The van der Waals surface area contributed by atoms with Crippen LogP contribution >= 0.6 is 0 Å². The molecule has 102 valence electrons. The number of nitrogens with zero attached hydrogens (tertiary/aromatic N) is 2. The molecule has 1 atom stereocenters. The summed E-state index contributed by atoms with van der Waals surface area (Å²) in [4.78, 5) is 0. The van der Waals surface area contributed by atoms with Crippen molar-refractivity contribution in [2.24, 2.45) is 12.8 Å². The number of aromatic nitrogens is 2. The van der Waals surface area contributed by atoms with E-state index in [1.54, 1.807) is 10.7 Å². The SMILES string of the molecule is CC(N)Cc1cccc(F)c1OCc1ccn(C)n1. The largest absolute Gasteiger partial charge is 0.484 e. The lowest BCUT2D eigenvalue weighted by molar-refractivity contribution is 0.281. The monoisotopic (exact) mass is 263 g/mol. The van der Waals surface area contributed by atoms with E-state index in [0.29, 0.717) is 6.42 Å². The molecular formula is C14H18FN3O. The van der Waals surface area contributed by atoms with Gasteiger partial charge in [-0.25, -0.2) is 4.39 Å². The minimum absolute atomic E-state index is 0.0426. The molecule has 0 aliphatic heterocycles. The van der Waals surface area contributed by atoms with Gasteiger partial charge in [-0.3, -0.25) is 4.68 Å². The van der Waals surface area contributed by atoms with Crippen molar-refractivity contribution in [2.45, 2.75) is 26.0 Å². The van der Waals surface area contributed by atoms with E-state index < -0.39 is 0 Å². The first-order valence-electron chi connectivity index (χ1n) is 6.20. The molecule has 2 N–H and O–H groups in total. The highest BCUT2D eigenvalue weighted by Crippen LogP contribution is 2.24. The van der Waals surface area contributed by atoms with E-state index in [-0.39, 0.29) is 24.2 Å². The Bertz CT molecular complexity index is 551. The summed E-state index contributed by atoms with van der Waals surface area (Å²) in [5.74, 6) is -0.0977. The van der Waals surface area contributed by atoms with Crippen molar-refractivity contribution in [1.29, 1.82) is 0 Å². The normalized spacial score (nSPS) is 12.4. The number of ether oxygens (including phenoxy) is 1.